The van der Waals surface area contributed by atoms with Crippen LogP contribution in [0.5, 0.6) is 0 Å². The summed E-state index contributed by atoms with van der Waals surface area (Å²) < 4.78 is 1.08. The van der Waals surface area contributed by atoms with Crippen LogP contribution >= 0.6 is 15.9 Å². The minimum atomic E-state index is -0.690. The van der Waals surface area contributed by atoms with Crippen LogP contribution in [0.4, 0.5) is 0 Å². The lowest BCUT2D eigenvalue weighted by atomic mass is 9.93. The van der Waals surface area contributed by atoms with E-state index in [2.05, 4.69) is 44.0 Å². The molecule has 1 N–H and O–H groups in total. The first kappa shape index (κ1) is 16.4. The largest absolute Gasteiger partial charge is 0.481 e. The zero-order chi connectivity index (χ0) is 16.2. The van der Waals surface area contributed by atoms with E-state index in [1.54, 1.807) is 0 Å². The van der Waals surface area contributed by atoms with Crippen molar-refractivity contribution >= 4 is 32.8 Å². The van der Waals surface area contributed by atoms with E-state index in [-0.39, 0.29) is 6.42 Å². The van der Waals surface area contributed by atoms with Gasteiger partial charge in [0.15, 0.2) is 0 Å². The number of piperidine rings is 1. The highest BCUT2D eigenvalue weighted by Crippen LogP contribution is 2.27. The van der Waals surface area contributed by atoms with Crippen molar-refractivity contribution in [3.8, 4) is 0 Å². The molecule has 1 aliphatic heterocycles. The molecule has 0 bridgehead atoms. The van der Waals surface area contributed by atoms with Crippen molar-refractivity contribution in [3.05, 3.63) is 40.5 Å². The van der Waals surface area contributed by atoms with E-state index in [0.29, 0.717) is 5.92 Å². The van der Waals surface area contributed by atoms with Crippen LogP contribution < -0.4 is 0 Å². The second-order valence-corrected chi connectivity index (χ2v) is 7.23. The Balaban J connectivity index is 1.72. The highest BCUT2D eigenvalue weighted by Gasteiger charge is 2.21. The number of hydrogen-bond donors (Lipinski definition) is 1. The predicted octanol–water partition coefficient (Wildman–Crippen LogP) is 4.07. The molecule has 0 radical (unpaired) electrons. The molecule has 0 aliphatic carbocycles. The molecule has 0 amide bonds. The first-order valence-corrected chi connectivity index (χ1v) is 8.88. The average molecular weight is 377 g/mol. The fraction of sp³-hybridized carbons (Fsp3) is 0.444. The van der Waals surface area contributed by atoms with Crippen molar-refractivity contribution in [1.82, 2.24) is 9.88 Å². The van der Waals surface area contributed by atoms with Crippen molar-refractivity contribution in [1.29, 1.82) is 0 Å². The molecule has 5 heteroatoms. The number of pyridine rings is 1. The van der Waals surface area contributed by atoms with Crippen LogP contribution in [0.25, 0.3) is 10.9 Å². The van der Waals surface area contributed by atoms with Gasteiger partial charge >= 0.3 is 5.97 Å². The molecule has 1 unspecified atom stereocenters. The third kappa shape index (κ3) is 4.30. The van der Waals surface area contributed by atoms with Crippen LogP contribution in [0.15, 0.2) is 34.9 Å². The van der Waals surface area contributed by atoms with Crippen LogP contribution in [0.2, 0.25) is 0 Å². The molecule has 1 aliphatic rings. The molecule has 0 saturated carbocycles. The third-order valence-electron chi connectivity index (χ3n) is 4.51. The normalized spacial score (nSPS) is 19.1. The summed E-state index contributed by atoms with van der Waals surface area (Å²) in [6.45, 7) is 2.93. The van der Waals surface area contributed by atoms with Crippen LogP contribution in [-0.2, 0) is 11.3 Å². The van der Waals surface area contributed by atoms with Gasteiger partial charge in [0, 0.05) is 35.6 Å². The van der Waals surface area contributed by atoms with E-state index in [0.717, 1.165) is 54.3 Å². The number of benzene rings is 1. The summed E-state index contributed by atoms with van der Waals surface area (Å²) in [5.41, 5.74) is 2.29. The lowest BCUT2D eigenvalue weighted by molar-refractivity contribution is -0.137. The van der Waals surface area contributed by atoms with Gasteiger partial charge in [-0.05, 0) is 55.5 Å². The summed E-state index contributed by atoms with van der Waals surface area (Å²) in [6.07, 6.45) is 5.18. The fourth-order valence-corrected chi connectivity index (χ4v) is 3.97. The Hall–Kier alpha value is -1.46. The first-order chi connectivity index (χ1) is 11.1. The second kappa shape index (κ2) is 7.41. The summed E-state index contributed by atoms with van der Waals surface area (Å²) in [7, 11) is 0. The molecule has 0 spiro atoms. The Bertz CT molecular complexity index is 704. The molecule has 2 aromatic rings. The maximum absolute atomic E-state index is 10.8. The van der Waals surface area contributed by atoms with Crippen molar-refractivity contribution in [3.63, 3.8) is 0 Å². The van der Waals surface area contributed by atoms with Gasteiger partial charge in [-0.15, -0.1) is 0 Å². The zero-order valence-electron chi connectivity index (χ0n) is 13.0. The average Bonchev–Trinajstić information content (AvgIpc) is 2.53. The van der Waals surface area contributed by atoms with E-state index >= 15 is 0 Å². The number of likely N-dealkylation sites (tertiary alicyclic amines) is 1. The lowest BCUT2D eigenvalue weighted by Gasteiger charge is -2.32. The van der Waals surface area contributed by atoms with E-state index in [4.69, 9.17) is 5.11 Å². The number of rotatable bonds is 5. The summed E-state index contributed by atoms with van der Waals surface area (Å²) in [4.78, 5) is 17.7. The van der Waals surface area contributed by atoms with Gasteiger partial charge < -0.3 is 5.11 Å². The highest BCUT2D eigenvalue weighted by atomic mass is 79.9. The lowest BCUT2D eigenvalue weighted by Crippen LogP contribution is -2.35. The summed E-state index contributed by atoms with van der Waals surface area (Å²) in [6, 6.07) is 8.29. The molecule has 1 aromatic heterocycles. The standard InChI is InChI=1S/C18H21BrN2O2/c19-16-9-14-4-1-7-20-18(14)15(10-16)12-21-8-2-3-13(11-21)5-6-17(22)23/h1,4,7,9-10,13H,2-3,5-6,8,11-12H2,(H,22,23). The van der Waals surface area contributed by atoms with Crippen LogP contribution in [0.3, 0.4) is 0 Å². The van der Waals surface area contributed by atoms with Crippen molar-refractivity contribution in [2.45, 2.75) is 32.2 Å². The monoisotopic (exact) mass is 376 g/mol. The first-order valence-electron chi connectivity index (χ1n) is 8.09. The quantitative estimate of drug-likeness (QED) is 0.854. The van der Waals surface area contributed by atoms with Gasteiger partial charge in [0.25, 0.3) is 0 Å². The molecular weight excluding hydrogens is 356 g/mol. The number of carboxylic acid groups (broad SMARTS) is 1. The number of hydrogen-bond acceptors (Lipinski definition) is 3. The van der Waals surface area contributed by atoms with Gasteiger partial charge in [-0.2, -0.15) is 0 Å². The molecular formula is C18H21BrN2O2. The van der Waals surface area contributed by atoms with Gasteiger partial charge in [-0.1, -0.05) is 22.0 Å². The number of aromatic nitrogens is 1. The number of carbonyl (C=O) groups is 1. The minimum Gasteiger partial charge on any atom is -0.481 e. The van der Waals surface area contributed by atoms with E-state index in [1.165, 1.54) is 5.56 Å². The van der Waals surface area contributed by atoms with Crippen LogP contribution in [0.1, 0.15) is 31.2 Å². The second-order valence-electron chi connectivity index (χ2n) is 6.32. The van der Waals surface area contributed by atoms with E-state index < -0.39 is 5.97 Å². The topological polar surface area (TPSA) is 53.4 Å². The Morgan fingerprint density at radius 1 is 1.43 bits per heavy atom. The molecule has 122 valence electrons. The molecule has 3 rings (SSSR count). The maximum Gasteiger partial charge on any atom is 0.303 e. The van der Waals surface area contributed by atoms with Crippen molar-refractivity contribution < 1.29 is 9.90 Å². The van der Waals surface area contributed by atoms with Gasteiger partial charge in [0.1, 0.15) is 0 Å². The summed E-state index contributed by atoms with van der Waals surface area (Å²) >= 11 is 3.59. The fourth-order valence-electron chi connectivity index (χ4n) is 3.45. The minimum absolute atomic E-state index is 0.278. The molecule has 1 atom stereocenters. The number of nitrogens with zero attached hydrogens (tertiary/aromatic N) is 2. The number of aliphatic carboxylic acids is 1. The van der Waals surface area contributed by atoms with Gasteiger partial charge in [0.05, 0.1) is 5.52 Å². The maximum atomic E-state index is 10.8. The van der Waals surface area contributed by atoms with Crippen LogP contribution in [-0.4, -0.2) is 34.0 Å². The Kier molecular flexibility index (Phi) is 5.28. The Morgan fingerprint density at radius 2 is 2.30 bits per heavy atom. The van der Waals surface area contributed by atoms with Gasteiger partial charge in [0.2, 0.25) is 0 Å². The molecule has 1 fully saturated rings. The number of carboxylic acids is 1. The Morgan fingerprint density at radius 3 is 3.13 bits per heavy atom. The van der Waals surface area contributed by atoms with Crippen molar-refractivity contribution in [2.24, 2.45) is 5.92 Å². The van der Waals surface area contributed by atoms with E-state index in [9.17, 15) is 4.79 Å². The molecule has 1 saturated heterocycles. The molecule has 2 heterocycles. The summed E-state index contributed by atoms with van der Waals surface area (Å²) in [5, 5.41) is 10.0. The number of halogens is 1. The van der Waals surface area contributed by atoms with Gasteiger partial charge in [-0.3, -0.25) is 14.7 Å². The molecule has 1 aromatic carbocycles. The summed E-state index contributed by atoms with van der Waals surface area (Å²) in [5.74, 6) is -0.199. The smallest absolute Gasteiger partial charge is 0.303 e. The van der Waals surface area contributed by atoms with Crippen LogP contribution in [0, 0.1) is 5.92 Å². The SMILES string of the molecule is O=C(O)CCC1CCCN(Cc2cc(Br)cc3cccnc23)C1. The van der Waals surface area contributed by atoms with E-state index in [1.807, 2.05) is 12.3 Å². The zero-order valence-corrected chi connectivity index (χ0v) is 14.6. The van der Waals surface area contributed by atoms with Gasteiger partial charge in [-0.25, -0.2) is 0 Å². The number of fused-ring (bicyclic) bond motifs is 1. The molecule has 23 heavy (non-hydrogen) atoms. The van der Waals surface area contributed by atoms with Crippen molar-refractivity contribution in [2.75, 3.05) is 13.1 Å². The third-order valence-corrected chi connectivity index (χ3v) is 4.97. The molecule has 4 nitrogen and oxygen atoms in total. The predicted molar refractivity (Wildman–Crippen MR) is 94.3 cm³/mol. The highest BCUT2D eigenvalue weighted by molar-refractivity contribution is 9.10. The Labute approximate surface area is 144 Å².